The number of fused-ring (bicyclic) bond motifs is 11. The fourth-order valence-corrected chi connectivity index (χ4v) is 11.0. The number of hydrogen-bond acceptors (Lipinski definition) is 5. The molecule has 0 aliphatic heterocycles. The van der Waals surface area contributed by atoms with E-state index in [1.165, 1.54) is 0 Å². The summed E-state index contributed by atoms with van der Waals surface area (Å²) < 4.78 is 14.6. The molecule has 10 aromatic carbocycles. The van der Waals surface area contributed by atoms with E-state index < -0.39 is 5.41 Å². The minimum absolute atomic E-state index is 0.576. The molecular formula is C63H41N3O2. The lowest BCUT2D eigenvalue weighted by molar-refractivity contribution is 0.668. The molecule has 320 valence electrons. The summed E-state index contributed by atoms with van der Waals surface area (Å²) in [5, 5.41) is 14.3. The second kappa shape index (κ2) is 15.5. The molecule has 0 spiro atoms. The Labute approximate surface area is 393 Å². The highest BCUT2D eigenvalue weighted by Gasteiger charge is 2.50. The maximum atomic E-state index is 10.3. The molecule has 0 bridgehead atoms. The molecule has 1 aliphatic rings. The Balaban J connectivity index is 1.27. The van der Waals surface area contributed by atoms with Crippen molar-refractivity contribution in [3.8, 4) is 17.2 Å². The second-order valence-electron chi connectivity index (χ2n) is 17.6. The molecule has 5 heteroatoms. The van der Waals surface area contributed by atoms with Gasteiger partial charge in [0.15, 0.2) is 5.58 Å². The Bertz CT molecular complexity index is 3900. The van der Waals surface area contributed by atoms with Gasteiger partial charge in [0, 0.05) is 50.0 Å². The molecule has 0 radical (unpaired) electrons. The van der Waals surface area contributed by atoms with E-state index in [2.05, 4.69) is 223 Å². The third-order valence-corrected chi connectivity index (χ3v) is 13.7. The Kier molecular flexibility index (Phi) is 8.96. The number of nitriles is 1. The molecule has 0 saturated carbocycles. The normalized spacial score (nSPS) is 12.6. The van der Waals surface area contributed by atoms with Crippen LogP contribution in [0.15, 0.2) is 239 Å². The fourth-order valence-electron chi connectivity index (χ4n) is 11.0. The third kappa shape index (κ3) is 5.81. The van der Waals surface area contributed by atoms with Crippen LogP contribution in [0.1, 0.15) is 33.4 Å². The molecule has 12 aromatic rings. The number of furan rings is 2. The Hall–Kier alpha value is -9.11. The Morgan fingerprint density at radius 2 is 0.882 bits per heavy atom. The minimum Gasteiger partial charge on any atom is -0.455 e. The number of nitrogens with zero attached hydrogens (tertiary/aromatic N) is 3. The number of aryl methyl sites for hydroxylation is 1. The Morgan fingerprint density at radius 3 is 1.49 bits per heavy atom. The van der Waals surface area contributed by atoms with Crippen LogP contribution in [-0.4, -0.2) is 0 Å². The predicted octanol–water partition coefficient (Wildman–Crippen LogP) is 17.0. The molecule has 5 nitrogen and oxygen atoms in total. The monoisotopic (exact) mass is 871 g/mol. The minimum atomic E-state index is -0.887. The van der Waals surface area contributed by atoms with Crippen LogP contribution in [0.5, 0.6) is 0 Å². The van der Waals surface area contributed by atoms with Gasteiger partial charge in [0.25, 0.3) is 0 Å². The number of rotatable bonds is 8. The van der Waals surface area contributed by atoms with Gasteiger partial charge in [-0.2, -0.15) is 5.26 Å². The van der Waals surface area contributed by atoms with E-state index >= 15 is 0 Å². The van der Waals surface area contributed by atoms with E-state index in [1.54, 1.807) is 0 Å². The molecule has 0 fully saturated rings. The standard InChI is InChI=1S/C63H41N3O2/c1-41-20-18-30-47(36-41)66(46-28-12-5-13-29-46)54-39-51-59(58-50-33-15-17-35-56(50)67-61(54)58)60-52(63(51,43-22-6-2-7-23-43)44-24-8-3-9-25-44)38-53(57-49-32-14-16-34-55(49)68-62(57)60)65(45-26-10-4-11-27-45)48-31-19-21-42(37-48)40-64/h2-39H,1H3. The molecule has 0 saturated heterocycles. The van der Waals surface area contributed by atoms with E-state index in [0.717, 1.165) is 117 Å². The summed E-state index contributed by atoms with van der Waals surface area (Å²) in [5.74, 6) is 0. The molecule has 2 aromatic heterocycles. The van der Waals surface area contributed by atoms with Crippen LogP contribution in [0.3, 0.4) is 0 Å². The lowest BCUT2D eigenvalue weighted by atomic mass is 9.67. The van der Waals surface area contributed by atoms with Crippen molar-refractivity contribution in [3.63, 3.8) is 0 Å². The van der Waals surface area contributed by atoms with Crippen LogP contribution in [0.4, 0.5) is 34.1 Å². The maximum Gasteiger partial charge on any atom is 0.160 e. The SMILES string of the molecule is Cc1cccc(N(c2ccccc2)c2cc3c(c4c2oc2ccccc24)-c2c(cc(N(c4ccccc4)c4cccc(C#N)c4)c4c2oc2ccccc24)C3(c2ccccc2)c2ccccc2)c1. The van der Waals surface area contributed by atoms with Gasteiger partial charge in [0.2, 0.25) is 0 Å². The van der Waals surface area contributed by atoms with Crippen molar-refractivity contribution in [1.29, 1.82) is 5.26 Å². The average molecular weight is 872 g/mol. The van der Waals surface area contributed by atoms with E-state index in [-0.39, 0.29) is 0 Å². The molecule has 0 amide bonds. The van der Waals surface area contributed by atoms with E-state index in [4.69, 9.17) is 8.83 Å². The van der Waals surface area contributed by atoms with Crippen molar-refractivity contribution >= 4 is 78.0 Å². The molecular weight excluding hydrogens is 831 g/mol. The third-order valence-electron chi connectivity index (χ3n) is 13.7. The smallest absolute Gasteiger partial charge is 0.160 e. The van der Waals surface area contributed by atoms with Crippen LogP contribution in [0, 0.1) is 18.3 Å². The highest BCUT2D eigenvalue weighted by atomic mass is 16.3. The van der Waals surface area contributed by atoms with E-state index in [9.17, 15) is 5.26 Å². The Morgan fingerprint density at radius 1 is 0.412 bits per heavy atom. The van der Waals surface area contributed by atoms with Crippen LogP contribution >= 0.6 is 0 Å². The van der Waals surface area contributed by atoms with Crippen molar-refractivity contribution < 1.29 is 8.83 Å². The van der Waals surface area contributed by atoms with Gasteiger partial charge in [-0.05, 0) is 114 Å². The zero-order valence-corrected chi connectivity index (χ0v) is 37.1. The summed E-state index contributed by atoms with van der Waals surface area (Å²) in [6.07, 6.45) is 0. The van der Waals surface area contributed by atoms with E-state index in [1.807, 2.05) is 30.3 Å². The molecule has 0 unspecified atom stereocenters. The van der Waals surface area contributed by atoms with Gasteiger partial charge < -0.3 is 18.6 Å². The largest absolute Gasteiger partial charge is 0.455 e. The van der Waals surface area contributed by atoms with Crippen molar-refractivity contribution in [3.05, 3.63) is 264 Å². The molecule has 68 heavy (non-hydrogen) atoms. The van der Waals surface area contributed by atoms with Crippen molar-refractivity contribution in [2.75, 3.05) is 9.80 Å². The van der Waals surface area contributed by atoms with Crippen molar-refractivity contribution in [2.45, 2.75) is 12.3 Å². The summed E-state index contributed by atoms with van der Waals surface area (Å²) in [4.78, 5) is 4.64. The van der Waals surface area contributed by atoms with Crippen molar-refractivity contribution in [1.82, 2.24) is 0 Å². The first-order valence-corrected chi connectivity index (χ1v) is 23.0. The van der Waals surface area contributed by atoms with Crippen LogP contribution < -0.4 is 9.80 Å². The van der Waals surface area contributed by atoms with Gasteiger partial charge in [-0.25, -0.2) is 0 Å². The molecule has 13 rings (SSSR count). The number of anilines is 6. The fraction of sp³-hybridized carbons (Fsp3) is 0.0317. The quantitative estimate of drug-likeness (QED) is 0.152. The number of benzene rings is 10. The summed E-state index contributed by atoms with van der Waals surface area (Å²) in [6, 6.07) is 83.5. The second-order valence-corrected chi connectivity index (χ2v) is 17.6. The maximum absolute atomic E-state index is 10.3. The van der Waals surface area contributed by atoms with Crippen LogP contribution in [0.2, 0.25) is 0 Å². The van der Waals surface area contributed by atoms with Gasteiger partial charge in [0.1, 0.15) is 16.7 Å². The lowest BCUT2D eigenvalue weighted by Gasteiger charge is -2.36. The average Bonchev–Trinajstić information content (AvgIpc) is 4.07. The lowest BCUT2D eigenvalue weighted by Crippen LogP contribution is -2.29. The van der Waals surface area contributed by atoms with E-state index in [0.29, 0.717) is 5.56 Å². The van der Waals surface area contributed by atoms with Crippen molar-refractivity contribution in [2.24, 2.45) is 0 Å². The highest BCUT2D eigenvalue weighted by Crippen LogP contribution is 2.64. The zero-order valence-electron chi connectivity index (χ0n) is 37.1. The van der Waals surface area contributed by atoms with Crippen LogP contribution in [0.25, 0.3) is 55.0 Å². The number of hydrogen-bond donors (Lipinski definition) is 0. The predicted molar refractivity (Wildman–Crippen MR) is 277 cm³/mol. The van der Waals surface area contributed by atoms with Gasteiger partial charge >= 0.3 is 0 Å². The first-order valence-electron chi connectivity index (χ1n) is 23.0. The number of para-hydroxylation sites is 4. The summed E-state index contributed by atoms with van der Waals surface area (Å²) in [5.41, 5.74) is 16.2. The molecule has 0 atom stereocenters. The zero-order chi connectivity index (χ0) is 45.3. The summed E-state index contributed by atoms with van der Waals surface area (Å²) in [6.45, 7) is 2.14. The summed E-state index contributed by atoms with van der Waals surface area (Å²) in [7, 11) is 0. The molecule has 1 aliphatic carbocycles. The van der Waals surface area contributed by atoms with Gasteiger partial charge in [0.05, 0.1) is 33.8 Å². The van der Waals surface area contributed by atoms with Gasteiger partial charge in [-0.1, -0.05) is 152 Å². The van der Waals surface area contributed by atoms with Gasteiger partial charge in [-0.3, -0.25) is 0 Å². The van der Waals surface area contributed by atoms with Crippen LogP contribution in [-0.2, 0) is 5.41 Å². The highest BCUT2D eigenvalue weighted by molar-refractivity contribution is 6.26. The topological polar surface area (TPSA) is 56.6 Å². The molecule has 0 N–H and O–H groups in total. The van der Waals surface area contributed by atoms with Gasteiger partial charge in [-0.15, -0.1) is 0 Å². The molecule has 2 heterocycles. The first kappa shape index (κ1) is 39.3. The summed E-state index contributed by atoms with van der Waals surface area (Å²) >= 11 is 0. The first-order chi connectivity index (χ1) is 33.6.